The van der Waals surface area contributed by atoms with Crippen LogP contribution in [0, 0.1) is 5.41 Å². The zero-order valence-corrected chi connectivity index (χ0v) is 12.8. The highest BCUT2D eigenvalue weighted by Gasteiger charge is 2.32. The number of aryl methyl sites for hydroxylation is 3. The summed E-state index contributed by atoms with van der Waals surface area (Å²) in [6.07, 6.45) is 14.9. The molecule has 0 aliphatic heterocycles. The highest BCUT2D eigenvalue weighted by atomic mass is 14.5. The van der Waals surface area contributed by atoms with E-state index < -0.39 is 0 Å². The molecule has 110 valence electrons. The van der Waals surface area contributed by atoms with Gasteiger partial charge in [-0.2, -0.15) is 0 Å². The molecule has 0 radical (unpaired) electrons. The summed E-state index contributed by atoms with van der Waals surface area (Å²) >= 11 is 0. The summed E-state index contributed by atoms with van der Waals surface area (Å²) in [6.45, 7) is 0.865. The maximum absolute atomic E-state index is 5.85. The monoisotopic (exact) mass is 271 g/mol. The van der Waals surface area contributed by atoms with Gasteiger partial charge in [0.1, 0.15) is 0 Å². The molecule has 1 nitrogen and oxygen atoms in total. The topological polar surface area (TPSA) is 26.0 Å². The van der Waals surface area contributed by atoms with Crippen LogP contribution in [0.2, 0.25) is 0 Å². The van der Waals surface area contributed by atoms with E-state index in [4.69, 9.17) is 5.73 Å². The second-order valence-corrected chi connectivity index (χ2v) is 7.06. The summed E-state index contributed by atoms with van der Waals surface area (Å²) < 4.78 is 0. The van der Waals surface area contributed by atoms with E-state index in [2.05, 4.69) is 18.2 Å². The summed E-state index contributed by atoms with van der Waals surface area (Å²) in [5.74, 6) is 0. The van der Waals surface area contributed by atoms with E-state index in [1.54, 1.807) is 16.7 Å². The van der Waals surface area contributed by atoms with Crippen molar-refractivity contribution in [2.45, 2.75) is 70.6 Å². The zero-order chi connectivity index (χ0) is 13.8. The molecule has 0 heterocycles. The standard InChI is InChI=1S/C19H29N/c20-14-13-19(10-3-4-11-19)12-9-16-7-8-17-5-1-2-6-18(17)15-16/h7-8,15H,1-6,9-14,20H2. The normalized spacial score (nSPS) is 20.9. The van der Waals surface area contributed by atoms with Crippen molar-refractivity contribution < 1.29 is 0 Å². The number of hydrogen-bond acceptors (Lipinski definition) is 1. The molecule has 1 fully saturated rings. The smallest absolute Gasteiger partial charge is 0.00720 e. The first-order valence-electron chi connectivity index (χ1n) is 8.62. The molecular weight excluding hydrogens is 242 g/mol. The SMILES string of the molecule is NCCC1(CCc2ccc3c(c2)CCCC3)CCCC1. The third kappa shape index (κ3) is 3.09. The molecule has 1 heteroatoms. The van der Waals surface area contributed by atoms with Gasteiger partial charge < -0.3 is 5.73 Å². The Bertz CT molecular complexity index is 443. The summed E-state index contributed by atoms with van der Waals surface area (Å²) in [7, 11) is 0. The van der Waals surface area contributed by atoms with Crippen LogP contribution in [-0.2, 0) is 19.3 Å². The molecular formula is C19H29N. The Morgan fingerprint density at radius 3 is 2.40 bits per heavy atom. The molecule has 0 amide bonds. The minimum absolute atomic E-state index is 0.574. The Labute approximate surface area is 124 Å². The van der Waals surface area contributed by atoms with Gasteiger partial charge in [0.25, 0.3) is 0 Å². The maximum atomic E-state index is 5.85. The summed E-state index contributed by atoms with van der Waals surface area (Å²) in [4.78, 5) is 0. The van der Waals surface area contributed by atoms with Gasteiger partial charge in [-0.25, -0.2) is 0 Å². The van der Waals surface area contributed by atoms with Crippen molar-refractivity contribution in [2.75, 3.05) is 6.54 Å². The predicted octanol–water partition coefficient (Wildman–Crippen LogP) is 4.41. The van der Waals surface area contributed by atoms with Crippen LogP contribution < -0.4 is 5.73 Å². The minimum atomic E-state index is 0.574. The molecule has 2 N–H and O–H groups in total. The predicted molar refractivity (Wildman–Crippen MR) is 86.0 cm³/mol. The summed E-state index contributed by atoms with van der Waals surface area (Å²) in [6, 6.07) is 7.28. The van der Waals surface area contributed by atoms with Gasteiger partial charge in [0.15, 0.2) is 0 Å². The third-order valence-corrected chi connectivity index (χ3v) is 5.70. The molecule has 1 saturated carbocycles. The van der Waals surface area contributed by atoms with Crippen molar-refractivity contribution >= 4 is 0 Å². The first-order chi connectivity index (χ1) is 9.81. The maximum Gasteiger partial charge on any atom is -0.00720 e. The van der Waals surface area contributed by atoms with Gasteiger partial charge in [-0.1, -0.05) is 31.0 Å². The summed E-state index contributed by atoms with van der Waals surface area (Å²) in [5, 5.41) is 0. The van der Waals surface area contributed by atoms with Crippen LogP contribution in [0.5, 0.6) is 0 Å². The fraction of sp³-hybridized carbons (Fsp3) is 0.684. The molecule has 2 aliphatic rings. The highest BCUT2D eigenvalue weighted by molar-refractivity contribution is 5.34. The Morgan fingerprint density at radius 2 is 1.65 bits per heavy atom. The van der Waals surface area contributed by atoms with E-state index in [0.717, 1.165) is 6.54 Å². The number of rotatable bonds is 5. The van der Waals surface area contributed by atoms with Crippen LogP contribution in [0.15, 0.2) is 18.2 Å². The second-order valence-electron chi connectivity index (χ2n) is 7.06. The lowest BCUT2D eigenvalue weighted by atomic mass is 9.77. The molecule has 2 aliphatic carbocycles. The van der Waals surface area contributed by atoms with Crippen molar-refractivity contribution in [2.24, 2.45) is 11.1 Å². The Morgan fingerprint density at radius 1 is 0.900 bits per heavy atom. The average Bonchev–Trinajstić information content (AvgIpc) is 2.94. The van der Waals surface area contributed by atoms with Gasteiger partial charge in [-0.3, -0.25) is 0 Å². The van der Waals surface area contributed by atoms with E-state index in [9.17, 15) is 0 Å². The highest BCUT2D eigenvalue weighted by Crippen LogP contribution is 2.44. The first kappa shape index (κ1) is 14.1. The van der Waals surface area contributed by atoms with E-state index in [0.29, 0.717) is 5.41 Å². The molecule has 0 aromatic heterocycles. The third-order valence-electron chi connectivity index (χ3n) is 5.70. The van der Waals surface area contributed by atoms with E-state index in [1.807, 2.05) is 0 Å². The van der Waals surface area contributed by atoms with Gasteiger partial charge in [-0.15, -0.1) is 0 Å². The van der Waals surface area contributed by atoms with Gasteiger partial charge in [0.05, 0.1) is 0 Å². The zero-order valence-electron chi connectivity index (χ0n) is 12.8. The largest absolute Gasteiger partial charge is 0.330 e. The van der Waals surface area contributed by atoms with Crippen LogP contribution in [0.3, 0.4) is 0 Å². The molecule has 20 heavy (non-hydrogen) atoms. The molecule has 0 saturated heterocycles. The molecule has 1 aromatic rings. The molecule has 3 rings (SSSR count). The van der Waals surface area contributed by atoms with Crippen LogP contribution in [-0.4, -0.2) is 6.54 Å². The molecule has 1 aromatic carbocycles. The van der Waals surface area contributed by atoms with Crippen LogP contribution in [0.1, 0.15) is 68.1 Å². The van der Waals surface area contributed by atoms with Crippen molar-refractivity contribution in [1.82, 2.24) is 0 Å². The fourth-order valence-electron chi connectivity index (χ4n) is 4.41. The molecule has 0 atom stereocenters. The molecule has 0 unspecified atom stereocenters. The van der Waals surface area contributed by atoms with Crippen LogP contribution in [0.25, 0.3) is 0 Å². The number of benzene rings is 1. The average molecular weight is 271 g/mol. The van der Waals surface area contributed by atoms with Gasteiger partial charge in [0, 0.05) is 0 Å². The van der Waals surface area contributed by atoms with E-state index in [1.165, 1.54) is 70.6 Å². The van der Waals surface area contributed by atoms with Crippen molar-refractivity contribution in [3.8, 4) is 0 Å². The quantitative estimate of drug-likeness (QED) is 0.843. The first-order valence-corrected chi connectivity index (χ1v) is 8.62. The molecule has 0 bridgehead atoms. The lowest BCUT2D eigenvalue weighted by molar-refractivity contribution is 0.253. The summed E-state index contributed by atoms with van der Waals surface area (Å²) in [5.41, 5.74) is 11.2. The Hall–Kier alpha value is -0.820. The Balaban J connectivity index is 1.65. The van der Waals surface area contributed by atoms with Crippen molar-refractivity contribution in [3.05, 3.63) is 34.9 Å². The van der Waals surface area contributed by atoms with Crippen molar-refractivity contribution in [1.29, 1.82) is 0 Å². The Kier molecular flexibility index (Phi) is 4.45. The fourth-order valence-corrected chi connectivity index (χ4v) is 4.41. The minimum Gasteiger partial charge on any atom is -0.330 e. The number of fused-ring (bicyclic) bond motifs is 1. The van der Waals surface area contributed by atoms with Gasteiger partial charge in [-0.05, 0) is 86.4 Å². The van der Waals surface area contributed by atoms with Crippen LogP contribution >= 0.6 is 0 Å². The van der Waals surface area contributed by atoms with Crippen LogP contribution in [0.4, 0.5) is 0 Å². The molecule has 0 spiro atoms. The second kappa shape index (κ2) is 6.30. The van der Waals surface area contributed by atoms with E-state index in [-0.39, 0.29) is 0 Å². The van der Waals surface area contributed by atoms with Gasteiger partial charge >= 0.3 is 0 Å². The van der Waals surface area contributed by atoms with Gasteiger partial charge in [0.2, 0.25) is 0 Å². The number of nitrogens with two attached hydrogens (primary N) is 1. The number of hydrogen-bond donors (Lipinski definition) is 1. The lowest BCUT2D eigenvalue weighted by Gasteiger charge is -2.29. The van der Waals surface area contributed by atoms with Crippen molar-refractivity contribution in [3.63, 3.8) is 0 Å². The lowest BCUT2D eigenvalue weighted by Crippen LogP contribution is -2.21. The van der Waals surface area contributed by atoms with E-state index >= 15 is 0 Å².